The number of carbonyl (C=O) groups excluding carboxylic acids is 1. The summed E-state index contributed by atoms with van der Waals surface area (Å²) in [5, 5.41) is 5.52. The van der Waals surface area contributed by atoms with Crippen molar-refractivity contribution < 1.29 is 4.79 Å². The Morgan fingerprint density at radius 1 is 1.53 bits per heavy atom. The van der Waals surface area contributed by atoms with Crippen LogP contribution in [-0.2, 0) is 5.41 Å². The normalized spacial score (nSPS) is 16.6. The molecular formula is C14H20N4O. The van der Waals surface area contributed by atoms with Crippen molar-refractivity contribution in [1.82, 2.24) is 15.3 Å². The molecule has 2 rings (SSSR count). The molecule has 0 unspecified atom stereocenters. The third-order valence-corrected chi connectivity index (χ3v) is 3.38. The van der Waals surface area contributed by atoms with Gasteiger partial charge in [0.1, 0.15) is 11.6 Å². The fourth-order valence-corrected chi connectivity index (χ4v) is 1.62. The van der Waals surface area contributed by atoms with E-state index in [2.05, 4.69) is 34.1 Å². The number of hydrogen-bond acceptors (Lipinski definition) is 3. The minimum Gasteiger partial charge on any atom is -0.330 e. The quantitative estimate of drug-likeness (QED) is 0.818. The van der Waals surface area contributed by atoms with Gasteiger partial charge < -0.3 is 5.32 Å². The van der Waals surface area contributed by atoms with E-state index in [9.17, 15) is 4.79 Å². The second-order valence-electron chi connectivity index (χ2n) is 5.83. The Hall–Kier alpha value is -1.91. The molecule has 1 fully saturated rings. The fourth-order valence-electron chi connectivity index (χ4n) is 1.62. The lowest BCUT2D eigenvalue weighted by molar-refractivity contribution is 0.246. The second-order valence-corrected chi connectivity index (χ2v) is 5.83. The predicted molar refractivity (Wildman–Crippen MR) is 75.0 cm³/mol. The highest BCUT2D eigenvalue weighted by Gasteiger charge is 2.42. The van der Waals surface area contributed by atoms with Gasteiger partial charge in [-0.2, -0.15) is 0 Å². The number of carbonyl (C=O) groups is 1. The molecule has 1 saturated carbocycles. The fraction of sp³-hybridized carbons (Fsp3) is 0.500. The maximum absolute atomic E-state index is 11.8. The van der Waals surface area contributed by atoms with Gasteiger partial charge >= 0.3 is 6.03 Å². The molecule has 0 bridgehead atoms. The zero-order valence-corrected chi connectivity index (χ0v) is 11.7. The number of anilines is 1. The van der Waals surface area contributed by atoms with Crippen molar-refractivity contribution in [2.24, 2.45) is 0 Å². The molecule has 0 aliphatic heterocycles. The maximum atomic E-state index is 11.8. The van der Waals surface area contributed by atoms with Gasteiger partial charge in [-0.1, -0.05) is 13.0 Å². The molecule has 19 heavy (non-hydrogen) atoms. The summed E-state index contributed by atoms with van der Waals surface area (Å²) in [5.74, 6) is 1.32. The van der Waals surface area contributed by atoms with Crippen LogP contribution < -0.4 is 10.6 Å². The van der Waals surface area contributed by atoms with E-state index in [1.807, 2.05) is 13.8 Å². The number of rotatable bonds is 4. The first-order valence-corrected chi connectivity index (χ1v) is 6.41. The van der Waals surface area contributed by atoms with E-state index in [4.69, 9.17) is 0 Å². The van der Waals surface area contributed by atoms with E-state index in [1.165, 1.54) is 0 Å². The summed E-state index contributed by atoms with van der Waals surface area (Å²) >= 11 is 0. The second kappa shape index (κ2) is 4.64. The highest BCUT2D eigenvalue weighted by Crippen LogP contribution is 2.45. The van der Waals surface area contributed by atoms with Crippen molar-refractivity contribution in [1.29, 1.82) is 0 Å². The minimum absolute atomic E-state index is 0.0918. The van der Waals surface area contributed by atoms with Crippen molar-refractivity contribution in [3.05, 3.63) is 30.7 Å². The Morgan fingerprint density at radius 3 is 2.79 bits per heavy atom. The highest BCUT2D eigenvalue weighted by molar-refractivity contribution is 5.88. The smallest absolute Gasteiger partial charge is 0.321 e. The molecule has 102 valence electrons. The first-order valence-electron chi connectivity index (χ1n) is 6.41. The summed E-state index contributed by atoms with van der Waals surface area (Å²) in [6, 6.07) is 1.39. The molecule has 1 aromatic rings. The van der Waals surface area contributed by atoms with Crippen molar-refractivity contribution >= 4 is 11.8 Å². The largest absolute Gasteiger partial charge is 0.330 e. The molecule has 1 heterocycles. The molecule has 5 heteroatoms. The molecule has 0 radical (unpaired) electrons. The average molecular weight is 260 g/mol. The molecule has 1 aliphatic rings. The number of nitrogens with one attached hydrogen (secondary N) is 2. The lowest BCUT2D eigenvalue weighted by Gasteiger charge is -2.21. The van der Waals surface area contributed by atoms with Crippen molar-refractivity contribution in [2.45, 2.75) is 44.6 Å². The van der Waals surface area contributed by atoms with Gasteiger partial charge in [0.25, 0.3) is 0 Å². The van der Waals surface area contributed by atoms with Crippen molar-refractivity contribution in [2.75, 3.05) is 5.32 Å². The zero-order valence-electron chi connectivity index (χ0n) is 11.7. The summed E-state index contributed by atoms with van der Waals surface area (Å²) in [5.41, 5.74) is -0.364. The van der Waals surface area contributed by atoms with Crippen molar-refractivity contribution in [3.8, 4) is 0 Å². The summed E-state index contributed by atoms with van der Waals surface area (Å²) in [4.78, 5) is 20.5. The number of hydrogen-bond donors (Lipinski definition) is 2. The van der Waals surface area contributed by atoms with Crippen LogP contribution in [0.15, 0.2) is 24.9 Å². The summed E-state index contributed by atoms with van der Waals surface area (Å²) in [6.07, 6.45) is 5.57. The van der Waals surface area contributed by atoms with Gasteiger partial charge in [-0.15, -0.1) is 6.58 Å². The van der Waals surface area contributed by atoms with Crippen LogP contribution in [0, 0.1) is 0 Å². The first kappa shape index (κ1) is 13.5. The number of nitrogens with zero attached hydrogens (tertiary/aromatic N) is 2. The number of amides is 2. The van der Waals surface area contributed by atoms with E-state index >= 15 is 0 Å². The third kappa shape index (κ3) is 3.30. The van der Waals surface area contributed by atoms with Crippen LogP contribution in [0.2, 0.25) is 0 Å². The van der Waals surface area contributed by atoms with E-state index in [0.29, 0.717) is 5.82 Å². The minimum atomic E-state index is -0.456. The molecule has 0 spiro atoms. The zero-order chi connectivity index (χ0) is 14.1. The number of urea groups is 1. The molecule has 2 amide bonds. The van der Waals surface area contributed by atoms with E-state index in [0.717, 1.165) is 18.7 Å². The summed E-state index contributed by atoms with van der Waals surface area (Å²) in [6.45, 7) is 9.55. The molecule has 0 saturated heterocycles. The third-order valence-electron chi connectivity index (χ3n) is 3.38. The molecule has 0 aromatic carbocycles. The molecule has 1 aliphatic carbocycles. The Morgan fingerprint density at radius 2 is 2.21 bits per heavy atom. The van der Waals surface area contributed by atoms with Crippen LogP contribution in [0.5, 0.6) is 0 Å². The SMILES string of the molecule is C=CC(C)(C)NC(=O)Nc1ccnc(C2(C)CC2)n1. The standard InChI is InChI=1S/C14H20N4O/c1-5-13(2,3)18-12(19)17-10-6-9-15-11(16-10)14(4)7-8-14/h5-6,9H,1,7-8H2,2-4H3,(H2,15,16,17,18,19). The monoisotopic (exact) mass is 260 g/mol. The van der Waals surface area contributed by atoms with Crippen LogP contribution in [0.25, 0.3) is 0 Å². The van der Waals surface area contributed by atoms with Gasteiger partial charge in [0.2, 0.25) is 0 Å². The van der Waals surface area contributed by atoms with E-state index < -0.39 is 5.54 Å². The lowest BCUT2D eigenvalue weighted by Crippen LogP contribution is -2.44. The Balaban J connectivity index is 2.03. The Labute approximate surface area is 113 Å². The van der Waals surface area contributed by atoms with Gasteiger partial charge in [-0.05, 0) is 32.8 Å². The van der Waals surface area contributed by atoms with E-state index in [1.54, 1.807) is 18.3 Å². The molecule has 1 aromatic heterocycles. The summed E-state index contributed by atoms with van der Waals surface area (Å²) < 4.78 is 0. The molecular weight excluding hydrogens is 240 g/mol. The van der Waals surface area contributed by atoms with Gasteiger partial charge in [-0.25, -0.2) is 14.8 Å². The average Bonchev–Trinajstić information content (AvgIpc) is 3.08. The van der Waals surface area contributed by atoms with Crippen LogP contribution in [0.3, 0.4) is 0 Å². The van der Waals surface area contributed by atoms with Crippen molar-refractivity contribution in [3.63, 3.8) is 0 Å². The van der Waals surface area contributed by atoms with Gasteiger partial charge in [0.05, 0.1) is 5.54 Å². The number of aromatic nitrogens is 2. The Bertz CT molecular complexity index is 506. The first-order chi connectivity index (χ1) is 8.85. The highest BCUT2D eigenvalue weighted by atomic mass is 16.2. The molecule has 2 N–H and O–H groups in total. The maximum Gasteiger partial charge on any atom is 0.321 e. The van der Waals surface area contributed by atoms with Crippen LogP contribution in [0.1, 0.15) is 39.4 Å². The molecule has 5 nitrogen and oxygen atoms in total. The summed E-state index contributed by atoms with van der Waals surface area (Å²) in [7, 11) is 0. The lowest BCUT2D eigenvalue weighted by atomic mass is 10.1. The van der Waals surface area contributed by atoms with Gasteiger partial charge in [0, 0.05) is 11.6 Å². The van der Waals surface area contributed by atoms with Crippen LogP contribution >= 0.6 is 0 Å². The Kier molecular flexibility index (Phi) is 3.30. The molecule has 0 atom stereocenters. The topological polar surface area (TPSA) is 66.9 Å². The van der Waals surface area contributed by atoms with Gasteiger partial charge in [-0.3, -0.25) is 5.32 Å². The van der Waals surface area contributed by atoms with Crippen LogP contribution in [-0.4, -0.2) is 21.5 Å². The predicted octanol–water partition coefficient (Wildman–Crippen LogP) is 2.61. The van der Waals surface area contributed by atoms with Crippen LogP contribution in [0.4, 0.5) is 10.6 Å². The van der Waals surface area contributed by atoms with Gasteiger partial charge in [0.15, 0.2) is 0 Å². The van der Waals surface area contributed by atoms with E-state index in [-0.39, 0.29) is 11.4 Å².